The molecule has 0 aliphatic carbocycles. The molecular formula is C31H35N3O4. The van der Waals surface area contributed by atoms with Gasteiger partial charge in [0.05, 0.1) is 12.1 Å². The van der Waals surface area contributed by atoms with Crippen LogP contribution in [0.15, 0.2) is 63.1 Å². The monoisotopic (exact) mass is 513 g/mol. The fourth-order valence-electron chi connectivity index (χ4n) is 4.73. The number of pyridine rings is 1. The van der Waals surface area contributed by atoms with Crippen LogP contribution in [-0.4, -0.2) is 21.1 Å². The molecule has 0 unspecified atom stereocenters. The van der Waals surface area contributed by atoms with Crippen LogP contribution in [0, 0.1) is 19.3 Å². The van der Waals surface area contributed by atoms with Gasteiger partial charge in [-0.15, -0.1) is 0 Å². The minimum atomic E-state index is -0.547. The first-order valence-corrected chi connectivity index (χ1v) is 13.1. The second-order valence-corrected chi connectivity index (χ2v) is 9.69. The van der Waals surface area contributed by atoms with Crippen molar-refractivity contribution in [3.8, 4) is 16.9 Å². The maximum absolute atomic E-state index is 13.3. The molecule has 4 aromatic rings. The number of fused-ring (bicyclic) bond motifs is 1. The van der Waals surface area contributed by atoms with Crippen molar-refractivity contribution in [2.75, 3.05) is 0 Å². The number of para-hydroxylation sites is 1. The molecule has 0 fully saturated rings. The topological polar surface area (TPSA) is 112 Å². The predicted molar refractivity (Wildman–Crippen MR) is 151 cm³/mol. The number of ether oxygens (including phenoxy) is 1. The number of unbranched alkanes of at least 4 members (excludes halogenated alkanes) is 1. The van der Waals surface area contributed by atoms with E-state index in [1.54, 1.807) is 0 Å². The van der Waals surface area contributed by atoms with Gasteiger partial charge in [-0.25, -0.2) is 0 Å². The number of H-pyrrole nitrogens is 1. The van der Waals surface area contributed by atoms with Crippen LogP contribution >= 0.6 is 0 Å². The Bertz CT molecular complexity index is 1560. The van der Waals surface area contributed by atoms with Gasteiger partial charge in [-0.2, -0.15) is 0 Å². The standard InChI is InChI=1S/C31H35N3O4/c1-6-8-15-22-27(26-19(4)12-11-13-20(26)5)29(35)28(31(36)33-22)30(32)37-25(18(3)7-2)17-23-21-14-9-10-16-24(21)38-34-23/h9-14,16,32H,6-8,15,17H2,1-5H3,(H2,33,35,36). The normalized spacial score (nSPS) is 12.0. The van der Waals surface area contributed by atoms with Crippen LogP contribution in [0.3, 0.4) is 0 Å². The summed E-state index contributed by atoms with van der Waals surface area (Å²) in [5, 5.41) is 25.4. The molecule has 198 valence electrons. The SMILES string of the molecule is CCCCc1[nH]c(=O)c(C(=N)OC(Cc2noc3ccccc23)=C(C)CC)c(O)c1-c1c(C)cccc1C. The maximum Gasteiger partial charge on any atom is 0.264 e. The second kappa shape index (κ2) is 11.5. The zero-order chi connectivity index (χ0) is 27.4. The highest BCUT2D eigenvalue weighted by Gasteiger charge is 2.25. The summed E-state index contributed by atoms with van der Waals surface area (Å²) in [7, 11) is 0. The van der Waals surface area contributed by atoms with Crippen molar-refractivity contribution in [1.29, 1.82) is 5.41 Å². The summed E-state index contributed by atoms with van der Waals surface area (Å²) in [5.41, 5.74) is 5.55. The zero-order valence-corrected chi connectivity index (χ0v) is 22.7. The van der Waals surface area contributed by atoms with Crippen LogP contribution < -0.4 is 5.56 Å². The molecule has 0 radical (unpaired) electrons. The van der Waals surface area contributed by atoms with Crippen molar-refractivity contribution in [2.45, 2.75) is 66.7 Å². The first-order chi connectivity index (χ1) is 18.3. The molecule has 38 heavy (non-hydrogen) atoms. The van der Waals surface area contributed by atoms with Gasteiger partial charge in [0.2, 0.25) is 5.90 Å². The van der Waals surface area contributed by atoms with Crippen molar-refractivity contribution in [2.24, 2.45) is 0 Å². The summed E-state index contributed by atoms with van der Waals surface area (Å²) >= 11 is 0. The molecule has 0 saturated heterocycles. The van der Waals surface area contributed by atoms with Crippen molar-refractivity contribution in [3.05, 3.63) is 92.2 Å². The average molecular weight is 514 g/mol. The third kappa shape index (κ3) is 5.28. The third-order valence-electron chi connectivity index (χ3n) is 7.02. The minimum Gasteiger partial charge on any atom is -0.506 e. The fraction of sp³-hybridized carbons (Fsp3) is 0.323. The number of benzene rings is 2. The Balaban J connectivity index is 1.79. The van der Waals surface area contributed by atoms with E-state index in [1.165, 1.54) is 0 Å². The van der Waals surface area contributed by atoms with E-state index < -0.39 is 11.5 Å². The summed E-state index contributed by atoms with van der Waals surface area (Å²) < 4.78 is 11.5. The number of aryl methyl sites for hydroxylation is 3. The van der Waals surface area contributed by atoms with Crippen molar-refractivity contribution < 1.29 is 14.4 Å². The lowest BCUT2D eigenvalue weighted by Gasteiger charge is -2.19. The number of aromatic nitrogens is 2. The van der Waals surface area contributed by atoms with E-state index in [4.69, 9.17) is 14.7 Å². The van der Waals surface area contributed by atoms with E-state index in [0.29, 0.717) is 41.1 Å². The van der Waals surface area contributed by atoms with Gasteiger partial charge in [0.15, 0.2) is 5.58 Å². The highest BCUT2D eigenvalue weighted by atomic mass is 16.5. The van der Waals surface area contributed by atoms with Crippen LogP contribution in [0.25, 0.3) is 22.1 Å². The quantitative estimate of drug-likeness (QED) is 0.125. The minimum absolute atomic E-state index is 0.186. The molecule has 0 saturated carbocycles. The van der Waals surface area contributed by atoms with Gasteiger partial charge in [0.1, 0.15) is 17.1 Å². The Morgan fingerprint density at radius 3 is 2.47 bits per heavy atom. The summed E-state index contributed by atoms with van der Waals surface area (Å²) in [4.78, 5) is 16.2. The number of allylic oxidation sites excluding steroid dienone is 2. The van der Waals surface area contributed by atoms with E-state index in [-0.39, 0.29) is 17.7 Å². The van der Waals surface area contributed by atoms with Crippen LogP contribution in [0.2, 0.25) is 0 Å². The lowest BCUT2D eigenvalue weighted by atomic mass is 9.91. The van der Waals surface area contributed by atoms with Gasteiger partial charge in [-0.05, 0) is 74.4 Å². The number of rotatable bonds is 9. The van der Waals surface area contributed by atoms with Gasteiger partial charge in [-0.3, -0.25) is 10.2 Å². The predicted octanol–water partition coefficient (Wildman–Crippen LogP) is 7.12. The molecule has 2 aromatic carbocycles. The number of aromatic hydroxyl groups is 1. The van der Waals surface area contributed by atoms with E-state index in [0.717, 1.165) is 40.5 Å². The summed E-state index contributed by atoms with van der Waals surface area (Å²) in [6, 6.07) is 13.5. The van der Waals surface area contributed by atoms with Gasteiger partial charge in [-0.1, -0.05) is 55.8 Å². The van der Waals surface area contributed by atoms with E-state index in [2.05, 4.69) is 17.1 Å². The molecule has 3 N–H and O–H groups in total. The van der Waals surface area contributed by atoms with E-state index in [1.807, 2.05) is 70.2 Å². The summed E-state index contributed by atoms with van der Waals surface area (Å²) in [6.45, 7) is 9.95. The van der Waals surface area contributed by atoms with E-state index >= 15 is 0 Å². The fourth-order valence-corrected chi connectivity index (χ4v) is 4.73. The zero-order valence-electron chi connectivity index (χ0n) is 22.7. The molecule has 7 heteroatoms. The molecule has 2 aromatic heterocycles. The number of hydrogen-bond acceptors (Lipinski definition) is 6. The Hall–Kier alpha value is -4.13. The maximum atomic E-state index is 13.3. The molecule has 7 nitrogen and oxygen atoms in total. The number of hydrogen-bond donors (Lipinski definition) is 3. The van der Waals surface area contributed by atoms with Crippen molar-refractivity contribution >= 4 is 16.9 Å². The number of aromatic amines is 1. The summed E-state index contributed by atoms with van der Waals surface area (Å²) in [6.07, 6.45) is 3.38. The smallest absolute Gasteiger partial charge is 0.264 e. The molecule has 0 spiro atoms. The first kappa shape index (κ1) is 26.9. The Labute approximate surface area is 222 Å². The molecule has 2 heterocycles. The van der Waals surface area contributed by atoms with Crippen LogP contribution in [0.4, 0.5) is 0 Å². The Morgan fingerprint density at radius 2 is 1.79 bits per heavy atom. The number of nitrogens with zero attached hydrogens (tertiary/aromatic N) is 1. The second-order valence-electron chi connectivity index (χ2n) is 9.69. The van der Waals surface area contributed by atoms with Gasteiger partial charge in [0.25, 0.3) is 5.56 Å². The summed E-state index contributed by atoms with van der Waals surface area (Å²) in [5.74, 6) is -0.143. The van der Waals surface area contributed by atoms with Crippen LogP contribution in [0.5, 0.6) is 5.75 Å². The van der Waals surface area contributed by atoms with Gasteiger partial charge in [0, 0.05) is 16.6 Å². The van der Waals surface area contributed by atoms with Crippen molar-refractivity contribution in [1.82, 2.24) is 10.1 Å². The van der Waals surface area contributed by atoms with Gasteiger partial charge < -0.3 is 19.4 Å². The average Bonchev–Trinajstić information content (AvgIpc) is 3.30. The van der Waals surface area contributed by atoms with Crippen LogP contribution in [0.1, 0.15) is 68.1 Å². The first-order valence-electron chi connectivity index (χ1n) is 13.1. The molecule has 4 rings (SSSR count). The lowest BCUT2D eigenvalue weighted by molar-refractivity contribution is 0.379. The molecule has 0 bridgehead atoms. The van der Waals surface area contributed by atoms with E-state index in [9.17, 15) is 9.90 Å². The number of nitrogens with one attached hydrogen (secondary N) is 2. The molecule has 0 aliphatic rings. The largest absolute Gasteiger partial charge is 0.506 e. The highest BCUT2D eigenvalue weighted by molar-refractivity contribution is 5.98. The van der Waals surface area contributed by atoms with Crippen molar-refractivity contribution in [3.63, 3.8) is 0 Å². The Morgan fingerprint density at radius 1 is 1.08 bits per heavy atom. The van der Waals surface area contributed by atoms with Crippen LogP contribution in [-0.2, 0) is 17.6 Å². The molecule has 0 aliphatic heterocycles. The Kier molecular flexibility index (Phi) is 8.15. The molecular weight excluding hydrogens is 478 g/mol. The third-order valence-corrected chi connectivity index (χ3v) is 7.02. The highest BCUT2D eigenvalue weighted by Crippen LogP contribution is 2.38. The molecule has 0 atom stereocenters. The lowest BCUT2D eigenvalue weighted by Crippen LogP contribution is -2.23. The molecule has 0 amide bonds. The van der Waals surface area contributed by atoms with Gasteiger partial charge >= 0.3 is 0 Å².